The number of halogens is 15. The van der Waals surface area contributed by atoms with Gasteiger partial charge in [0.05, 0.1) is 0 Å². The fraction of sp³-hybridized carbons (Fsp3) is 0. The number of benzene rings is 3. The summed E-state index contributed by atoms with van der Waals surface area (Å²) in [5.41, 5.74) is -5.69. The maximum Gasteiger partial charge on any atom is 0.304 e. The van der Waals surface area contributed by atoms with Crippen LogP contribution in [0.15, 0.2) is 0 Å². The van der Waals surface area contributed by atoms with Gasteiger partial charge in [-0.05, 0) is 0 Å². The lowest BCUT2D eigenvalue weighted by atomic mass is 9.24. The molecule has 188 valence electrons. The molecular formula is C18H3BF15N. The first kappa shape index (κ1) is 26.2. The molecule has 0 aliphatic rings. The van der Waals surface area contributed by atoms with Crippen LogP contribution in [-0.4, -0.2) is 6.28 Å². The minimum absolute atomic E-state index is 2.54. The number of hydrogen-bond acceptors (Lipinski definition) is 0. The maximum atomic E-state index is 14.6. The molecule has 3 aromatic rings. The minimum atomic E-state index is -5.66. The molecule has 0 unspecified atom stereocenters. The van der Waals surface area contributed by atoms with Gasteiger partial charge >= 0.3 is 6.28 Å². The normalized spacial score (nSPS) is 12.0. The Bertz CT molecular complexity index is 1170. The Morgan fingerprint density at radius 3 is 0.514 bits per heavy atom. The van der Waals surface area contributed by atoms with Crippen molar-refractivity contribution in [2.45, 2.75) is 0 Å². The van der Waals surface area contributed by atoms with Crippen molar-refractivity contribution in [2.24, 2.45) is 0 Å². The molecule has 3 N–H and O–H groups in total. The Balaban J connectivity index is 2.78. The van der Waals surface area contributed by atoms with Gasteiger partial charge in [-0.2, -0.15) is 0 Å². The van der Waals surface area contributed by atoms with E-state index in [0.717, 1.165) is 0 Å². The summed E-state index contributed by atoms with van der Waals surface area (Å²) >= 11 is 0. The van der Waals surface area contributed by atoms with Gasteiger partial charge in [-0.15, -0.1) is 0 Å². The predicted octanol–water partition coefficient (Wildman–Crippen LogP) is 2.98. The monoisotopic (exact) mass is 529 g/mol. The zero-order valence-electron chi connectivity index (χ0n) is 16.0. The average molecular weight is 529 g/mol. The van der Waals surface area contributed by atoms with Crippen LogP contribution >= 0.6 is 0 Å². The summed E-state index contributed by atoms with van der Waals surface area (Å²) < 4.78 is 211. The lowest BCUT2D eigenvalue weighted by Gasteiger charge is -2.35. The van der Waals surface area contributed by atoms with Crippen molar-refractivity contribution in [1.29, 1.82) is 0 Å². The summed E-state index contributed by atoms with van der Waals surface area (Å²) in [4.78, 5) is 0. The zero-order valence-corrected chi connectivity index (χ0v) is 16.0. The first-order valence-corrected chi connectivity index (χ1v) is 8.61. The van der Waals surface area contributed by atoms with Crippen LogP contribution in [0.4, 0.5) is 65.9 Å². The van der Waals surface area contributed by atoms with Gasteiger partial charge in [-0.1, -0.05) is 16.4 Å². The van der Waals surface area contributed by atoms with E-state index in [1.807, 2.05) is 0 Å². The molecule has 1 nitrogen and oxygen atoms in total. The minimum Gasteiger partial charge on any atom is -0.536 e. The lowest BCUT2D eigenvalue weighted by Crippen LogP contribution is -2.97. The second-order valence-corrected chi connectivity index (χ2v) is 7.00. The summed E-state index contributed by atoms with van der Waals surface area (Å²) in [5.74, 6) is -45.8. The first-order chi connectivity index (χ1) is 16.0. The van der Waals surface area contributed by atoms with Gasteiger partial charge in [0, 0.05) is 0 Å². The molecule has 0 bridgehead atoms. The van der Waals surface area contributed by atoms with E-state index >= 15 is 0 Å². The molecule has 35 heavy (non-hydrogen) atoms. The number of hydrogen-bond donors (Lipinski definition) is 1. The molecule has 0 aromatic heterocycles. The molecule has 0 aliphatic carbocycles. The van der Waals surface area contributed by atoms with Crippen molar-refractivity contribution in [3.8, 4) is 0 Å². The smallest absolute Gasteiger partial charge is 0.304 e. The summed E-state index contributed by atoms with van der Waals surface area (Å²) in [6.07, 6.45) is -5.66. The van der Waals surface area contributed by atoms with E-state index in [9.17, 15) is 65.9 Å². The van der Waals surface area contributed by atoms with Gasteiger partial charge in [0.1, 0.15) is 34.9 Å². The van der Waals surface area contributed by atoms with Crippen LogP contribution in [0.3, 0.4) is 0 Å². The third-order valence-corrected chi connectivity index (χ3v) is 5.21. The number of quaternary nitrogens is 1. The fourth-order valence-electron chi connectivity index (χ4n) is 3.60. The van der Waals surface area contributed by atoms with Gasteiger partial charge in [0.15, 0.2) is 52.4 Å². The highest BCUT2D eigenvalue weighted by atomic mass is 19.2. The van der Waals surface area contributed by atoms with Crippen molar-refractivity contribution in [1.82, 2.24) is 0 Å². The van der Waals surface area contributed by atoms with E-state index in [4.69, 9.17) is 0 Å². The van der Waals surface area contributed by atoms with Crippen molar-refractivity contribution >= 4 is 22.7 Å². The van der Waals surface area contributed by atoms with Gasteiger partial charge in [-0.25, -0.2) is 65.9 Å². The van der Waals surface area contributed by atoms with Crippen molar-refractivity contribution in [2.75, 3.05) is 0 Å². The van der Waals surface area contributed by atoms with E-state index in [1.54, 1.807) is 0 Å². The SMILES string of the molecule is [NH3+][B-](c1c(F)c(F)c(F)c(F)c1F)(c1c(F)c(F)c(F)c(F)c1F)c1c(F)c(F)c(F)c(F)c1F. The molecule has 0 saturated carbocycles. The molecule has 0 fully saturated rings. The van der Waals surface area contributed by atoms with Crippen LogP contribution in [0.1, 0.15) is 0 Å². The standard InChI is InChI=1S/C18H3BF15N/c20-4-1(5(21)11(27)16(32)10(4)26)19(35,2-6(22)12(28)17(33)13(29)7(2)23)3-8(24)14(30)18(34)15(31)9(3)25/h35H3. The van der Waals surface area contributed by atoms with Crippen LogP contribution in [-0.2, 0) is 0 Å². The third kappa shape index (κ3) is 3.35. The van der Waals surface area contributed by atoms with Gasteiger partial charge < -0.3 is 5.64 Å². The largest absolute Gasteiger partial charge is 0.536 e. The molecule has 0 saturated heterocycles. The molecular weight excluding hydrogens is 526 g/mol. The molecule has 0 atom stereocenters. The van der Waals surface area contributed by atoms with Crippen LogP contribution in [0.25, 0.3) is 0 Å². The molecule has 17 heteroatoms. The summed E-state index contributed by atoms with van der Waals surface area (Å²) in [6.45, 7) is 0. The Morgan fingerprint density at radius 2 is 0.371 bits per heavy atom. The quantitative estimate of drug-likeness (QED) is 0.234. The third-order valence-electron chi connectivity index (χ3n) is 5.21. The van der Waals surface area contributed by atoms with Gasteiger partial charge in [0.25, 0.3) is 0 Å². The Labute approximate surface area is 182 Å². The highest BCUT2D eigenvalue weighted by Gasteiger charge is 2.51. The van der Waals surface area contributed by atoms with Crippen LogP contribution in [0.5, 0.6) is 0 Å². The molecule has 3 rings (SSSR count). The molecule has 0 amide bonds. The zero-order chi connectivity index (χ0) is 26.9. The van der Waals surface area contributed by atoms with E-state index in [-0.39, 0.29) is 0 Å². The van der Waals surface area contributed by atoms with E-state index < -0.39 is 110 Å². The van der Waals surface area contributed by atoms with Crippen molar-refractivity contribution < 1.29 is 71.5 Å². The lowest BCUT2D eigenvalue weighted by molar-refractivity contribution is -0.195. The molecule has 0 aliphatic heterocycles. The van der Waals surface area contributed by atoms with Crippen molar-refractivity contribution in [3.05, 3.63) is 87.3 Å². The van der Waals surface area contributed by atoms with Crippen LogP contribution < -0.4 is 22.0 Å². The maximum absolute atomic E-state index is 14.6. The molecule has 0 heterocycles. The number of rotatable bonds is 3. The molecule has 0 spiro atoms. The van der Waals surface area contributed by atoms with Crippen molar-refractivity contribution in [3.63, 3.8) is 0 Å². The summed E-state index contributed by atoms with van der Waals surface area (Å²) in [6, 6.07) is 0. The highest BCUT2D eigenvalue weighted by Crippen LogP contribution is 2.25. The average Bonchev–Trinajstić information content (AvgIpc) is 2.81. The van der Waals surface area contributed by atoms with E-state index in [1.165, 1.54) is 0 Å². The Hall–Kier alpha value is -3.37. The second-order valence-electron chi connectivity index (χ2n) is 7.00. The Morgan fingerprint density at radius 1 is 0.257 bits per heavy atom. The van der Waals surface area contributed by atoms with E-state index in [0.29, 0.717) is 0 Å². The van der Waals surface area contributed by atoms with E-state index in [2.05, 4.69) is 5.64 Å². The first-order valence-electron chi connectivity index (χ1n) is 8.61. The topological polar surface area (TPSA) is 27.6 Å². The molecule has 3 aromatic carbocycles. The van der Waals surface area contributed by atoms with Crippen LogP contribution in [0, 0.1) is 87.3 Å². The van der Waals surface area contributed by atoms with Gasteiger partial charge in [0.2, 0.25) is 0 Å². The van der Waals surface area contributed by atoms with Crippen LogP contribution in [0.2, 0.25) is 0 Å². The Kier molecular flexibility index (Phi) is 6.29. The highest BCUT2D eigenvalue weighted by molar-refractivity contribution is 7.05. The fourth-order valence-corrected chi connectivity index (χ4v) is 3.60. The summed E-state index contributed by atoms with van der Waals surface area (Å²) in [5, 5.41) is 0. The predicted molar refractivity (Wildman–Crippen MR) is 86.2 cm³/mol. The van der Waals surface area contributed by atoms with Gasteiger partial charge in [-0.3, -0.25) is 0 Å². The molecule has 0 radical (unpaired) electrons. The second kappa shape index (κ2) is 8.39. The summed E-state index contributed by atoms with van der Waals surface area (Å²) in [7, 11) is 0.